The van der Waals surface area contributed by atoms with E-state index in [-0.39, 0.29) is 17.9 Å². The number of benzene rings is 1. The van der Waals surface area contributed by atoms with Gasteiger partial charge in [-0.25, -0.2) is 9.18 Å². The Balaban J connectivity index is 1.63. The Morgan fingerprint density at radius 2 is 1.86 bits per heavy atom. The molecule has 2 fully saturated rings. The molecule has 1 aromatic carbocycles. The van der Waals surface area contributed by atoms with Crippen molar-refractivity contribution in [2.45, 2.75) is 63.6 Å². The lowest BCUT2D eigenvalue weighted by atomic mass is 9.96. The van der Waals surface area contributed by atoms with Crippen molar-refractivity contribution < 1.29 is 9.18 Å². The highest BCUT2D eigenvalue weighted by Gasteiger charge is 2.33. The largest absolute Gasteiger partial charge is 0.335 e. The van der Waals surface area contributed by atoms with Gasteiger partial charge in [-0.05, 0) is 31.7 Å². The summed E-state index contributed by atoms with van der Waals surface area (Å²) in [4.78, 5) is 14.3. The van der Waals surface area contributed by atoms with Gasteiger partial charge in [0.25, 0.3) is 0 Å². The molecule has 2 amide bonds. The number of nitrogens with zero attached hydrogens (tertiary/aromatic N) is 1. The molecule has 2 saturated carbocycles. The first-order valence-corrected chi connectivity index (χ1v) is 8.04. The third-order valence-corrected chi connectivity index (χ3v) is 4.48. The maximum atomic E-state index is 13.8. The van der Waals surface area contributed by atoms with Crippen molar-refractivity contribution in [3.05, 3.63) is 35.6 Å². The van der Waals surface area contributed by atoms with Crippen LogP contribution < -0.4 is 5.32 Å². The second-order valence-electron chi connectivity index (χ2n) is 6.23. The number of hydrogen-bond donors (Lipinski definition) is 1. The predicted octanol–water partition coefficient (Wildman–Crippen LogP) is 3.83. The molecule has 0 radical (unpaired) electrons. The Morgan fingerprint density at radius 3 is 2.52 bits per heavy atom. The Kier molecular flexibility index (Phi) is 4.42. The number of urea groups is 1. The topological polar surface area (TPSA) is 32.3 Å². The molecule has 0 atom stereocenters. The summed E-state index contributed by atoms with van der Waals surface area (Å²) in [5.74, 6) is -0.228. The van der Waals surface area contributed by atoms with E-state index < -0.39 is 0 Å². The molecule has 2 aliphatic rings. The van der Waals surface area contributed by atoms with Crippen LogP contribution in [0.1, 0.15) is 50.5 Å². The van der Waals surface area contributed by atoms with Gasteiger partial charge in [-0.15, -0.1) is 0 Å². The second-order valence-corrected chi connectivity index (χ2v) is 6.23. The SMILES string of the molecule is O=C(NC1CCCCC1)N(Cc1ccccc1F)C1CC1. The summed E-state index contributed by atoms with van der Waals surface area (Å²) in [5.41, 5.74) is 0.600. The van der Waals surface area contributed by atoms with Gasteiger partial charge < -0.3 is 10.2 Å². The van der Waals surface area contributed by atoms with Crippen molar-refractivity contribution in [1.82, 2.24) is 10.2 Å². The van der Waals surface area contributed by atoms with Crippen LogP contribution in [0.25, 0.3) is 0 Å². The molecule has 0 bridgehead atoms. The van der Waals surface area contributed by atoms with E-state index in [0.29, 0.717) is 18.2 Å². The van der Waals surface area contributed by atoms with E-state index >= 15 is 0 Å². The van der Waals surface area contributed by atoms with Crippen molar-refractivity contribution >= 4 is 6.03 Å². The van der Waals surface area contributed by atoms with E-state index in [1.807, 2.05) is 11.0 Å². The molecule has 1 aromatic rings. The Bertz CT molecular complexity index is 495. The smallest absolute Gasteiger partial charge is 0.318 e. The zero-order valence-electron chi connectivity index (χ0n) is 12.4. The molecule has 114 valence electrons. The van der Waals surface area contributed by atoms with Crippen LogP contribution in [0.2, 0.25) is 0 Å². The fourth-order valence-electron chi connectivity index (χ4n) is 3.07. The van der Waals surface area contributed by atoms with Crippen LogP contribution in [0, 0.1) is 5.82 Å². The first kappa shape index (κ1) is 14.4. The van der Waals surface area contributed by atoms with Gasteiger partial charge in [0, 0.05) is 17.6 Å². The van der Waals surface area contributed by atoms with Gasteiger partial charge in [-0.1, -0.05) is 37.5 Å². The number of halogens is 1. The van der Waals surface area contributed by atoms with Crippen LogP contribution in [0.5, 0.6) is 0 Å². The average molecular weight is 290 g/mol. The monoisotopic (exact) mass is 290 g/mol. The Hall–Kier alpha value is -1.58. The van der Waals surface area contributed by atoms with Gasteiger partial charge in [0.05, 0.1) is 6.54 Å². The van der Waals surface area contributed by atoms with Crippen LogP contribution in [-0.4, -0.2) is 23.0 Å². The van der Waals surface area contributed by atoms with E-state index in [1.54, 1.807) is 12.1 Å². The van der Waals surface area contributed by atoms with Crippen LogP contribution in [0.4, 0.5) is 9.18 Å². The molecular formula is C17H23FN2O. The van der Waals surface area contributed by atoms with Crippen molar-refractivity contribution in [3.8, 4) is 0 Å². The molecular weight excluding hydrogens is 267 g/mol. The molecule has 0 saturated heterocycles. The number of carbonyl (C=O) groups excluding carboxylic acids is 1. The summed E-state index contributed by atoms with van der Waals surface area (Å²) in [7, 11) is 0. The number of hydrogen-bond acceptors (Lipinski definition) is 1. The first-order chi connectivity index (χ1) is 10.2. The lowest BCUT2D eigenvalue weighted by molar-refractivity contribution is 0.183. The van der Waals surface area contributed by atoms with Crippen LogP contribution in [-0.2, 0) is 6.54 Å². The van der Waals surface area contributed by atoms with Gasteiger partial charge in [0.1, 0.15) is 5.82 Å². The summed E-state index contributed by atoms with van der Waals surface area (Å²) < 4.78 is 13.8. The molecule has 1 N–H and O–H groups in total. The van der Waals surface area contributed by atoms with E-state index in [9.17, 15) is 9.18 Å². The maximum absolute atomic E-state index is 13.8. The third-order valence-electron chi connectivity index (χ3n) is 4.48. The van der Waals surface area contributed by atoms with Gasteiger partial charge >= 0.3 is 6.03 Å². The zero-order valence-corrected chi connectivity index (χ0v) is 12.4. The highest BCUT2D eigenvalue weighted by atomic mass is 19.1. The minimum absolute atomic E-state index is 0.0207. The van der Waals surface area contributed by atoms with E-state index in [0.717, 1.165) is 25.7 Å². The van der Waals surface area contributed by atoms with Crippen molar-refractivity contribution in [2.75, 3.05) is 0 Å². The minimum atomic E-state index is -0.228. The molecule has 0 aromatic heterocycles. The molecule has 4 heteroatoms. The number of carbonyl (C=O) groups is 1. The molecule has 0 heterocycles. The summed E-state index contributed by atoms with van der Waals surface area (Å²) in [6.07, 6.45) is 7.88. The number of rotatable bonds is 4. The van der Waals surface area contributed by atoms with E-state index in [4.69, 9.17) is 0 Å². The normalized spacial score (nSPS) is 19.3. The second kappa shape index (κ2) is 6.46. The first-order valence-electron chi connectivity index (χ1n) is 8.04. The molecule has 3 nitrogen and oxygen atoms in total. The highest BCUT2D eigenvalue weighted by Crippen LogP contribution is 2.29. The average Bonchev–Trinajstić information content (AvgIpc) is 3.32. The molecule has 0 spiro atoms. The van der Waals surface area contributed by atoms with Gasteiger partial charge in [0.2, 0.25) is 0 Å². The number of nitrogens with one attached hydrogen (secondary N) is 1. The van der Waals surface area contributed by atoms with Gasteiger partial charge in [-0.3, -0.25) is 0 Å². The molecule has 3 rings (SSSR count). The predicted molar refractivity (Wildman–Crippen MR) is 80.4 cm³/mol. The summed E-state index contributed by atoms with van der Waals surface area (Å²) in [6.45, 7) is 0.371. The minimum Gasteiger partial charge on any atom is -0.335 e. The fourth-order valence-corrected chi connectivity index (χ4v) is 3.07. The molecule has 21 heavy (non-hydrogen) atoms. The summed E-state index contributed by atoms with van der Waals surface area (Å²) >= 11 is 0. The standard InChI is InChI=1S/C17H23FN2O/c18-16-9-5-4-6-13(16)12-20(15-10-11-15)17(21)19-14-7-2-1-3-8-14/h4-6,9,14-15H,1-3,7-8,10-12H2,(H,19,21). The van der Waals surface area contributed by atoms with Gasteiger partial charge in [0.15, 0.2) is 0 Å². The maximum Gasteiger partial charge on any atom is 0.318 e. The quantitative estimate of drug-likeness (QED) is 0.898. The Labute approximate surface area is 125 Å². The molecule has 2 aliphatic carbocycles. The summed E-state index contributed by atoms with van der Waals surface area (Å²) in [6, 6.07) is 7.29. The summed E-state index contributed by atoms with van der Waals surface area (Å²) in [5, 5.41) is 3.14. The van der Waals surface area contributed by atoms with Crippen LogP contribution >= 0.6 is 0 Å². The van der Waals surface area contributed by atoms with E-state index in [1.165, 1.54) is 25.3 Å². The van der Waals surface area contributed by atoms with Crippen molar-refractivity contribution in [3.63, 3.8) is 0 Å². The van der Waals surface area contributed by atoms with Gasteiger partial charge in [-0.2, -0.15) is 0 Å². The van der Waals surface area contributed by atoms with E-state index in [2.05, 4.69) is 5.32 Å². The van der Waals surface area contributed by atoms with Crippen LogP contribution in [0.15, 0.2) is 24.3 Å². The third kappa shape index (κ3) is 3.74. The molecule has 0 unspecified atom stereocenters. The lowest BCUT2D eigenvalue weighted by Crippen LogP contribution is -2.46. The van der Waals surface area contributed by atoms with Crippen LogP contribution in [0.3, 0.4) is 0 Å². The van der Waals surface area contributed by atoms with Crippen molar-refractivity contribution in [1.29, 1.82) is 0 Å². The lowest BCUT2D eigenvalue weighted by Gasteiger charge is -2.28. The zero-order chi connectivity index (χ0) is 14.7. The van der Waals surface area contributed by atoms with Crippen molar-refractivity contribution in [2.24, 2.45) is 0 Å². The fraction of sp³-hybridized carbons (Fsp3) is 0.588. The number of amides is 2. The molecule has 0 aliphatic heterocycles. The Morgan fingerprint density at radius 1 is 1.14 bits per heavy atom. The highest BCUT2D eigenvalue weighted by molar-refractivity contribution is 5.75.